The van der Waals surface area contributed by atoms with E-state index in [0.29, 0.717) is 43.3 Å². The second kappa shape index (κ2) is 11.7. The molecule has 1 aliphatic heterocycles. The van der Waals surface area contributed by atoms with Gasteiger partial charge >= 0.3 is 12.2 Å². The molecule has 2 aromatic heterocycles. The maximum atomic E-state index is 13.5. The van der Waals surface area contributed by atoms with Crippen LogP contribution in [0.3, 0.4) is 0 Å². The Morgan fingerprint density at radius 3 is 2.44 bits per heavy atom. The molecule has 45 heavy (non-hydrogen) atoms. The smallest absolute Gasteiger partial charge is 0.337 e. The number of urea groups is 1. The minimum Gasteiger partial charge on any atom is -0.337 e. The molecule has 16 heteroatoms. The van der Waals surface area contributed by atoms with Crippen molar-refractivity contribution in [3.8, 4) is 0 Å². The van der Waals surface area contributed by atoms with Crippen LogP contribution in [0, 0.1) is 0 Å². The van der Waals surface area contributed by atoms with Gasteiger partial charge in [0, 0.05) is 78.9 Å². The predicted molar refractivity (Wildman–Crippen MR) is 158 cm³/mol. The number of carbonyl (C=O) groups is 3. The van der Waals surface area contributed by atoms with Gasteiger partial charge in [-0.05, 0) is 50.8 Å². The van der Waals surface area contributed by atoms with E-state index in [-0.39, 0.29) is 57.8 Å². The molecule has 0 radical (unpaired) electrons. The highest BCUT2D eigenvalue weighted by atomic mass is 35.5. The van der Waals surface area contributed by atoms with E-state index in [4.69, 9.17) is 17.3 Å². The molecule has 12 nitrogen and oxygen atoms in total. The molecule has 4 amide bonds. The first-order valence-electron chi connectivity index (χ1n) is 14.7. The van der Waals surface area contributed by atoms with Gasteiger partial charge in [-0.15, -0.1) is 0 Å². The summed E-state index contributed by atoms with van der Waals surface area (Å²) in [6, 6.07) is 4.36. The molecule has 6 N–H and O–H groups in total. The van der Waals surface area contributed by atoms with Crippen LogP contribution in [-0.4, -0.2) is 85.6 Å². The molecule has 0 spiro atoms. The summed E-state index contributed by atoms with van der Waals surface area (Å²) in [5.74, 6) is -1.00. The van der Waals surface area contributed by atoms with Crippen molar-refractivity contribution < 1.29 is 27.6 Å². The van der Waals surface area contributed by atoms with Gasteiger partial charge in [-0.2, -0.15) is 18.3 Å². The summed E-state index contributed by atoms with van der Waals surface area (Å²) in [6.07, 6.45) is -0.363. The number of H-pyrrole nitrogens is 2. The van der Waals surface area contributed by atoms with Crippen LogP contribution in [0.5, 0.6) is 0 Å². The summed E-state index contributed by atoms with van der Waals surface area (Å²) in [5, 5.41) is 11.8. The molecule has 3 heterocycles. The number of alkyl halides is 3. The van der Waals surface area contributed by atoms with Crippen LogP contribution < -0.4 is 16.4 Å². The topological polar surface area (TPSA) is 165 Å². The van der Waals surface area contributed by atoms with Crippen LogP contribution >= 0.6 is 11.6 Å². The monoisotopic (exact) mass is 647 g/mol. The number of amides is 4. The highest BCUT2D eigenvalue weighted by Crippen LogP contribution is 2.44. The number of nitrogens with zero attached hydrogens (tertiary/aromatic N) is 4. The van der Waals surface area contributed by atoms with E-state index in [1.165, 1.54) is 24.4 Å². The molecule has 0 unspecified atom stereocenters. The normalized spacial score (nSPS) is 21.8. The summed E-state index contributed by atoms with van der Waals surface area (Å²) in [4.78, 5) is 48.7. The number of imidazole rings is 1. The average Bonchev–Trinajstić information content (AvgIpc) is 3.53. The van der Waals surface area contributed by atoms with Crippen molar-refractivity contribution in [3.63, 3.8) is 0 Å². The molecule has 3 aromatic rings. The Labute approximate surface area is 261 Å². The van der Waals surface area contributed by atoms with Gasteiger partial charge < -0.3 is 31.2 Å². The molecule has 1 saturated heterocycles. The van der Waals surface area contributed by atoms with E-state index in [9.17, 15) is 27.6 Å². The molecule has 0 bridgehead atoms. The maximum absolute atomic E-state index is 13.5. The van der Waals surface area contributed by atoms with Gasteiger partial charge in [-0.3, -0.25) is 14.7 Å². The Bertz CT molecular complexity index is 1620. The summed E-state index contributed by atoms with van der Waals surface area (Å²) < 4.78 is 40.6. The first kappa shape index (κ1) is 30.9. The highest BCUT2D eigenvalue weighted by Gasteiger charge is 2.41. The quantitative estimate of drug-likeness (QED) is 0.261. The summed E-state index contributed by atoms with van der Waals surface area (Å²) in [6.45, 7) is 3.39. The van der Waals surface area contributed by atoms with Crippen LogP contribution in [0.4, 0.5) is 23.7 Å². The summed E-state index contributed by atoms with van der Waals surface area (Å²) in [5.41, 5.74) is 6.20. The molecule has 3 fully saturated rings. The molecule has 2 aliphatic carbocycles. The highest BCUT2D eigenvalue weighted by molar-refractivity contribution is 6.34. The number of rotatable bonds is 7. The standard InChI is InChI=1S/C29H33ClF3N9O3/c1-28(34)12-18(13-28)38-27(45)42-8-6-41(7-9-42)26(44)19-5-4-16(11-21(19)30)37-25(43)24-35-14-17(36-24)10-20-22(15-2-3-15)39-40-23(20)29(31,32)33/h4-5,11,14-15,18H,2-3,6-10,12-13,34H2,1H3,(H,35,36)(H,37,43)(H,38,45)(H,39,40). The maximum Gasteiger partial charge on any atom is 0.435 e. The molecule has 0 atom stereocenters. The van der Waals surface area contributed by atoms with Crippen molar-refractivity contribution in [2.24, 2.45) is 5.73 Å². The predicted octanol–water partition coefficient (Wildman–Crippen LogP) is 3.87. The number of benzene rings is 1. The number of nitrogens with one attached hydrogen (secondary N) is 4. The lowest BCUT2D eigenvalue weighted by molar-refractivity contribution is -0.141. The van der Waals surface area contributed by atoms with E-state index in [0.717, 1.165) is 25.7 Å². The fraction of sp³-hybridized carbons (Fsp3) is 0.483. The van der Waals surface area contributed by atoms with Crippen LogP contribution in [0.25, 0.3) is 0 Å². The molecular weight excluding hydrogens is 615 g/mol. The van der Waals surface area contributed by atoms with E-state index >= 15 is 0 Å². The molecule has 1 aromatic carbocycles. The molecule has 6 rings (SSSR count). The van der Waals surface area contributed by atoms with Crippen LogP contribution in [0.15, 0.2) is 24.4 Å². The second-order valence-electron chi connectivity index (χ2n) is 12.3. The minimum atomic E-state index is -4.61. The van der Waals surface area contributed by atoms with Crippen molar-refractivity contribution in [3.05, 3.63) is 63.5 Å². The Morgan fingerprint density at radius 1 is 1.13 bits per heavy atom. The third-order valence-corrected chi connectivity index (χ3v) is 8.74. The summed E-state index contributed by atoms with van der Waals surface area (Å²) in [7, 11) is 0. The lowest BCUT2D eigenvalue weighted by atomic mass is 9.75. The number of halogens is 4. The third kappa shape index (κ3) is 6.78. The Hall–Kier alpha value is -4.11. The number of aromatic nitrogens is 4. The zero-order chi connectivity index (χ0) is 32.1. The number of nitrogens with two attached hydrogens (primary N) is 1. The van der Waals surface area contributed by atoms with E-state index in [2.05, 4.69) is 30.8 Å². The van der Waals surface area contributed by atoms with Gasteiger partial charge in [-0.1, -0.05) is 11.6 Å². The van der Waals surface area contributed by atoms with E-state index in [1.54, 1.807) is 9.80 Å². The zero-order valence-electron chi connectivity index (χ0n) is 24.4. The van der Waals surface area contributed by atoms with Crippen molar-refractivity contribution in [2.45, 2.75) is 62.7 Å². The summed E-state index contributed by atoms with van der Waals surface area (Å²) >= 11 is 6.43. The SMILES string of the molecule is CC1(N)CC(NC(=O)N2CCN(C(=O)c3ccc(NC(=O)c4ncc(Cc5c(C(F)(F)F)n[nH]c5C5CC5)[nH]4)cc3Cl)CC2)C1. The Morgan fingerprint density at radius 2 is 1.82 bits per heavy atom. The fourth-order valence-corrected chi connectivity index (χ4v) is 6.19. The van der Waals surface area contributed by atoms with Gasteiger partial charge in [0.2, 0.25) is 0 Å². The van der Waals surface area contributed by atoms with E-state index < -0.39 is 17.8 Å². The minimum absolute atomic E-state index is 0.0193. The molecular formula is C29H33ClF3N9O3. The van der Waals surface area contributed by atoms with Crippen molar-refractivity contribution in [1.29, 1.82) is 0 Å². The van der Waals surface area contributed by atoms with Crippen LogP contribution in [-0.2, 0) is 12.6 Å². The third-order valence-electron chi connectivity index (χ3n) is 8.43. The first-order valence-corrected chi connectivity index (χ1v) is 15.1. The Balaban J connectivity index is 1.03. The molecule has 240 valence electrons. The Kier molecular flexibility index (Phi) is 8.01. The average molecular weight is 648 g/mol. The number of aromatic amines is 2. The van der Waals surface area contributed by atoms with Gasteiger partial charge in [0.25, 0.3) is 11.8 Å². The lowest BCUT2D eigenvalue weighted by Crippen LogP contribution is -2.61. The van der Waals surface area contributed by atoms with Gasteiger partial charge in [0.1, 0.15) is 0 Å². The van der Waals surface area contributed by atoms with Crippen molar-refractivity contribution >= 4 is 35.1 Å². The van der Waals surface area contributed by atoms with Crippen molar-refractivity contribution in [2.75, 3.05) is 31.5 Å². The van der Waals surface area contributed by atoms with Crippen LogP contribution in [0.1, 0.15) is 82.1 Å². The van der Waals surface area contributed by atoms with Gasteiger partial charge in [0.05, 0.1) is 10.6 Å². The fourth-order valence-electron chi connectivity index (χ4n) is 5.93. The first-order chi connectivity index (χ1) is 21.3. The number of hydrogen-bond donors (Lipinski definition) is 5. The lowest BCUT2D eigenvalue weighted by Gasteiger charge is -2.43. The largest absolute Gasteiger partial charge is 0.435 e. The van der Waals surface area contributed by atoms with Gasteiger partial charge in [0.15, 0.2) is 11.5 Å². The number of anilines is 1. The molecule has 2 saturated carbocycles. The number of hydrogen-bond acceptors (Lipinski definition) is 6. The van der Waals surface area contributed by atoms with E-state index in [1.807, 2.05) is 6.92 Å². The number of carbonyl (C=O) groups excluding carboxylic acids is 3. The van der Waals surface area contributed by atoms with Crippen LogP contribution in [0.2, 0.25) is 5.02 Å². The van der Waals surface area contributed by atoms with Gasteiger partial charge in [-0.25, -0.2) is 9.78 Å². The second-order valence-corrected chi connectivity index (χ2v) is 12.7. The zero-order valence-corrected chi connectivity index (χ0v) is 25.2. The molecule has 3 aliphatic rings. The number of piperazine rings is 1. The van der Waals surface area contributed by atoms with Crippen molar-refractivity contribution in [1.82, 2.24) is 35.3 Å².